The van der Waals surface area contributed by atoms with Gasteiger partial charge in [-0.25, -0.2) is 0 Å². The van der Waals surface area contributed by atoms with E-state index in [0.29, 0.717) is 19.1 Å². The van der Waals surface area contributed by atoms with Gasteiger partial charge in [-0.1, -0.05) is 18.2 Å². The lowest BCUT2D eigenvalue weighted by molar-refractivity contribution is 0.299. The topological polar surface area (TPSA) is 53.7 Å². The molecule has 23 heavy (non-hydrogen) atoms. The van der Waals surface area contributed by atoms with Crippen molar-refractivity contribution < 1.29 is 14.2 Å². The lowest BCUT2D eigenvalue weighted by Crippen LogP contribution is -2.13. The Kier molecular flexibility index (Phi) is 6.76. The number of hydrogen-bond donors (Lipinski definition) is 1. The molecule has 124 valence electrons. The molecule has 4 nitrogen and oxygen atoms in total. The van der Waals surface area contributed by atoms with E-state index in [1.807, 2.05) is 36.4 Å². The van der Waals surface area contributed by atoms with Gasteiger partial charge in [0.25, 0.3) is 0 Å². The second-order valence-electron chi connectivity index (χ2n) is 5.38. The first-order valence-electron chi connectivity index (χ1n) is 7.87. The molecule has 2 aromatic rings. The van der Waals surface area contributed by atoms with E-state index in [1.165, 1.54) is 5.56 Å². The van der Waals surface area contributed by atoms with E-state index in [0.717, 1.165) is 30.1 Å². The predicted octanol–water partition coefficient (Wildman–Crippen LogP) is 3.61. The van der Waals surface area contributed by atoms with Crippen molar-refractivity contribution in [3.63, 3.8) is 0 Å². The van der Waals surface area contributed by atoms with Gasteiger partial charge in [0.15, 0.2) is 0 Å². The van der Waals surface area contributed by atoms with Crippen LogP contribution in [0.25, 0.3) is 0 Å². The highest BCUT2D eigenvalue weighted by Gasteiger charge is 2.10. The molecule has 0 heterocycles. The summed E-state index contributed by atoms with van der Waals surface area (Å²) < 4.78 is 16.1. The van der Waals surface area contributed by atoms with Crippen molar-refractivity contribution in [2.24, 2.45) is 5.73 Å². The summed E-state index contributed by atoms with van der Waals surface area (Å²) in [5.41, 5.74) is 7.16. The maximum Gasteiger partial charge on any atom is 0.122 e. The van der Waals surface area contributed by atoms with Gasteiger partial charge in [0.2, 0.25) is 0 Å². The van der Waals surface area contributed by atoms with Crippen molar-refractivity contribution in [2.75, 3.05) is 27.4 Å². The fourth-order valence-electron chi connectivity index (χ4n) is 2.51. The highest BCUT2D eigenvalue weighted by atomic mass is 16.5. The number of ether oxygens (including phenoxy) is 3. The van der Waals surface area contributed by atoms with E-state index in [2.05, 4.69) is 12.1 Å². The van der Waals surface area contributed by atoms with Crippen LogP contribution >= 0.6 is 0 Å². The van der Waals surface area contributed by atoms with Gasteiger partial charge >= 0.3 is 0 Å². The third-order valence-corrected chi connectivity index (χ3v) is 3.88. The van der Waals surface area contributed by atoms with Crippen molar-refractivity contribution in [1.29, 1.82) is 0 Å². The van der Waals surface area contributed by atoms with Crippen LogP contribution in [0.3, 0.4) is 0 Å². The molecule has 0 aliphatic carbocycles. The lowest BCUT2D eigenvalue weighted by Gasteiger charge is -2.16. The minimum absolute atomic E-state index is 0.342. The van der Waals surface area contributed by atoms with E-state index in [1.54, 1.807) is 14.2 Å². The summed E-state index contributed by atoms with van der Waals surface area (Å²) in [6.45, 7) is 1.30. The molecular weight excluding hydrogens is 290 g/mol. The van der Waals surface area contributed by atoms with Gasteiger partial charge in [-0.15, -0.1) is 0 Å². The Morgan fingerprint density at radius 3 is 2.26 bits per heavy atom. The van der Waals surface area contributed by atoms with Gasteiger partial charge in [-0.05, 0) is 55.1 Å². The quantitative estimate of drug-likeness (QED) is 0.718. The molecule has 0 saturated heterocycles. The average molecular weight is 315 g/mol. The lowest BCUT2D eigenvalue weighted by atomic mass is 9.94. The monoisotopic (exact) mass is 315 g/mol. The molecule has 0 radical (unpaired) electrons. The zero-order valence-electron chi connectivity index (χ0n) is 13.8. The van der Waals surface area contributed by atoms with Gasteiger partial charge in [-0.2, -0.15) is 0 Å². The first kappa shape index (κ1) is 17.2. The van der Waals surface area contributed by atoms with Gasteiger partial charge in [-0.3, -0.25) is 0 Å². The first-order valence-corrected chi connectivity index (χ1v) is 7.87. The summed E-state index contributed by atoms with van der Waals surface area (Å²) in [5.74, 6) is 2.85. The molecule has 0 spiro atoms. The molecule has 0 fully saturated rings. The highest BCUT2D eigenvalue weighted by molar-refractivity contribution is 5.33. The normalized spacial score (nSPS) is 11.8. The Labute approximate surface area is 138 Å². The van der Waals surface area contributed by atoms with Crippen molar-refractivity contribution in [3.05, 3.63) is 54.1 Å². The van der Waals surface area contributed by atoms with E-state index >= 15 is 0 Å². The molecule has 0 aliphatic heterocycles. The summed E-state index contributed by atoms with van der Waals surface area (Å²) in [4.78, 5) is 0. The first-order chi connectivity index (χ1) is 11.3. The number of nitrogens with two attached hydrogens (primary N) is 1. The number of methoxy groups -OCH3 is 2. The molecule has 0 aromatic heterocycles. The maximum absolute atomic E-state index is 5.92. The smallest absolute Gasteiger partial charge is 0.122 e. The van der Waals surface area contributed by atoms with Crippen LogP contribution in [0.5, 0.6) is 17.2 Å². The van der Waals surface area contributed by atoms with E-state index < -0.39 is 0 Å². The minimum atomic E-state index is 0.342. The third kappa shape index (κ3) is 5.18. The summed E-state index contributed by atoms with van der Waals surface area (Å²) in [6, 6.07) is 15.8. The SMILES string of the molecule is COc1ccc(C(CN)CCCOc2cccc(OC)c2)cc1. The van der Waals surface area contributed by atoms with Crippen molar-refractivity contribution >= 4 is 0 Å². The van der Waals surface area contributed by atoms with E-state index in [9.17, 15) is 0 Å². The van der Waals surface area contributed by atoms with E-state index in [-0.39, 0.29) is 0 Å². The van der Waals surface area contributed by atoms with E-state index in [4.69, 9.17) is 19.9 Å². The average Bonchev–Trinajstić information content (AvgIpc) is 2.62. The second kappa shape index (κ2) is 9.06. The predicted molar refractivity (Wildman–Crippen MR) is 92.5 cm³/mol. The summed E-state index contributed by atoms with van der Waals surface area (Å²) >= 11 is 0. The zero-order valence-corrected chi connectivity index (χ0v) is 13.8. The Balaban J connectivity index is 1.80. The number of rotatable bonds is 9. The molecule has 0 amide bonds. The molecule has 0 aliphatic rings. The third-order valence-electron chi connectivity index (χ3n) is 3.88. The standard InChI is InChI=1S/C19H25NO3/c1-21-17-10-8-15(9-11-17)16(14-20)5-4-12-23-19-7-3-6-18(13-19)22-2/h3,6-11,13,16H,4-5,12,14,20H2,1-2H3. The molecule has 2 rings (SSSR count). The molecule has 2 aromatic carbocycles. The van der Waals surface area contributed by atoms with Crippen molar-refractivity contribution in [1.82, 2.24) is 0 Å². The van der Waals surface area contributed by atoms with Crippen LogP contribution in [0.1, 0.15) is 24.3 Å². The summed E-state index contributed by atoms with van der Waals surface area (Å²) in [6.07, 6.45) is 1.94. The van der Waals surface area contributed by atoms with Crippen molar-refractivity contribution in [3.8, 4) is 17.2 Å². The molecular formula is C19H25NO3. The molecule has 2 N–H and O–H groups in total. The van der Waals surface area contributed by atoms with Crippen LogP contribution < -0.4 is 19.9 Å². The van der Waals surface area contributed by atoms with Gasteiger partial charge in [0, 0.05) is 6.07 Å². The largest absolute Gasteiger partial charge is 0.497 e. The van der Waals surface area contributed by atoms with Crippen LogP contribution in [-0.4, -0.2) is 27.4 Å². The van der Waals surface area contributed by atoms with Crippen LogP contribution in [-0.2, 0) is 0 Å². The van der Waals surface area contributed by atoms with Crippen LogP contribution in [0, 0.1) is 0 Å². The summed E-state index contributed by atoms with van der Waals surface area (Å²) in [7, 11) is 3.32. The fraction of sp³-hybridized carbons (Fsp3) is 0.368. The fourth-order valence-corrected chi connectivity index (χ4v) is 2.51. The second-order valence-corrected chi connectivity index (χ2v) is 5.38. The molecule has 0 bridgehead atoms. The van der Waals surface area contributed by atoms with Gasteiger partial charge < -0.3 is 19.9 Å². The Morgan fingerprint density at radius 2 is 1.61 bits per heavy atom. The summed E-state index contributed by atoms with van der Waals surface area (Å²) in [5, 5.41) is 0. The van der Waals surface area contributed by atoms with Crippen LogP contribution in [0.15, 0.2) is 48.5 Å². The van der Waals surface area contributed by atoms with Gasteiger partial charge in [0.1, 0.15) is 17.2 Å². The number of hydrogen-bond acceptors (Lipinski definition) is 4. The molecule has 0 saturated carbocycles. The minimum Gasteiger partial charge on any atom is -0.497 e. The van der Waals surface area contributed by atoms with Crippen LogP contribution in [0.2, 0.25) is 0 Å². The zero-order chi connectivity index (χ0) is 16.5. The maximum atomic E-state index is 5.92. The molecule has 1 unspecified atom stereocenters. The molecule has 4 heteroatoms. The Hall–Kier alpha value is -2.20. The number of benzene rings is 2. The van der Waals surface area contributed by atoms with Crippen molar-refractivity contribution in [2.45, 2.75) is 18.8 Å². The van der Waals surface area contributed by atoms with Gasteiger partial charge in [0.05, 0.1) is 20.8 Å². The Morgan fingerprint density at radius 1 is 0.913 bits per heavy atom. The highest BCUT2D eigenvalue weighted by Crippen LogP contribution is 2.23. The Bertz CT molecular complexity index is 583. The molecule has 1 atom stereocenters. The van der Waals surface area contributed by atoms with Crippen LogP contribution in [0.4, 0.5) is 0 Å².